The van der Waals surface area contributed by atoms with Crippen molar-refractivity contribution >= 4 is 22.8 Å². The molecule has 7 rings (SSSR count). The van der Waals surface area contributed by atoms with Crippen LogP contribution in [0.3, 0.4) is 0 Å². The van der Waals surface area contributed by atoms with Gasteiger partial charge in [0.25, 0.3) is 5.91 Å². The average Bonchev–Trinajstić information content (AvgIpc) is 3.61. The van der Waals surface area contributed by atoms with Crippen LogP contribution in [0.2, 0.25) is 0 Å². The summed E-state index contributed by atoms with van der Waals surface area (Å²) in [6, 6.07) is 14.6. The number of aliphatic hydroxyl groups is 2. The predicted molar refractivity (Wildman–Crippen MR) is 143 cm³/mol. The Morgan fingerprint density at radius 3 is 2.54 bits per heavy atom. The summed E-state index contributed by atoms with van der Waals surface area (Å²) in [6.45, 7) is 3.11. The van der Waals surface area contributed by atoms with E-state index in [4.69, 9.17) is 4.42 Å². The molecular formula is C30H29FN4O4. The first-order valence-corrected chi connectivity index (χ1v) is 13.5. The van der Waals surface area contributed by atoms with Gasteiger partial charge >= 0.3 is 0 Å². The van der Waals surface area contributed by atoms with E-state index in [0.29, 0.717) is 23.4 Å². The Morgan fingerprint density at radius 1 is 1.03 bits per heavy atom. The first kappa shape index (κ1) is 24.2. The van der Waals surface area contributed by atoms with Crippen LogP contribution in [0.5, 0.6) is 0 Å². The van der Waals surface area contributed by atoms with Crippen molar-refractivity contribution in [2.24, 2.45) is 0 Å². The van der Waals surface area contributed by atoms with Crippen molar-refractivity contribution < 1.29 is 23.8 Å². The largest absolute Gasteiger partial charge is 0.418 e. The van der Waals surface area contributed by atoms with E-state index in [1.807, 2.05) is 30.0 Å². The molecule has 4 heterocycles. The minimum Gasteiger partial charge on any atom is -0.418 e. The Labute approximate surface area is 224 Å². The molecule has 2 fully saturated rings. The minimum absolute atomic E-state index is 0.0694. The van der Waals surface area contributed by atoms with Gasteiger partial charge in [0, 0.05) is 25.3 Å². The van der Waals surface area contributed by atoms with Crippen molar-refractivity contribution in [3.63, 3.8) is 0 Å². The summed E-state index contributed by atoms with van der Waals surface area (Å²) in [5, 5.41) is 19.7. The van der Waals surface area contributed by atoms with Crippen LogP contribution in [-0.4, -0.2) is 62.8 Å². The van der Waals surface area contributed by atoms with Crippen LogP contribution in [-0.2, 0) is 6.42 Å². The molecule has 0 radical (unpaired) electrons. The highest BCUT2D eigenvalue weighted by Gasteiger charge is 2.34. The summed E-state index contributed by atoms with van der Waals surface area (Å²) in [5.74, 6) is -0.293. The molecule has 1 saturated heterocycles. The number of oxazole rings is 1. The van der Waals surface area contributed by atoms with E-state index in [0.717, 1.165) is 30.4 Å². The van der Waals surface area contributed by atoms with Crippen LogP contribution in [0.15, 0.2) is 52.9 Å². The van der Waals surface area contributed by atoms with Crippen molar-refractivity contribution in [3.8, 4) is 11.5 Å². The molecule has 2 aromatic carbocycles. The third-order valence-electron chi connectivity index (χ3n) is 8.30. The zero-order valence-corrected chi connectivity index (χ0v) is 21.5. The van der Waals surface area contributed by atoms with Crippen LogP contribution in [0, 0.1) is 5.82 Å². The standard InChI is InChI=1S/C30H29FN4O4/c1-16-20-5-3-2-4-17(20)10-11-35(16)30(38)24-13-22(18-6-7-18)27-29(32-24)39-28(33-27)21-9-8-19(12-23(21)31)34-14-25(36)26(37)15-34/h2-5,8-9,12-13,16,18,25-26,36-37H,6-7,10-11,14-15H2,1H3/t16-,25+,26+/m1/s1. The number of pyridine rings is 1. The first-order valence-electron chi connectivity index (χ1n) is 13.5. The van der Waals surface area contributed by atoms with E-state index in [1.54, 1.807) is 17.0 Å². The Kier molecular flexibility index (Phi) is 5.68. The number of fused-ring (bicyclic) bond motifs is 2. The number of benzene rings is 2. The van der Waals surface area contributed by atoms with E-state index in [2.05, 4.69) is 22.1 Å². The molecule has 1 aliphatic carbocycles. The Balaban J connectivity index is 1.22. The van der Waals surface area contributed by atoms with E-state index in [1.165, 1.54) is 11.6 Å². The first-order chi connectivity index (χ1) is 18.9. The molecule has 3 atom stereocenters. The fourth-order valence-electron chi connectivity index (χ4n) is 5.91. The maximum Gasteiger partial charge on any atom is 0.273 e. The van der Waals surface area contributed by atoms with Gasteiger partial charge in [-0.2, -0.15) is 0 Å². The van der Waals surface area contributed by atoms with E-state index < -0.39 is 18.0 Å². The summed E-state index contributed by atoms with van der Waals surface area (Å²) in [7, 11) is 0. The fraction of sp³-hybridized carbons (Fsp3) is 0.367. The Morgan fingerprint density at radius 2 is 1.79 bits per heavy atom. The Hall–Kier alpha value is -3.82. The Bertz CT molecular complexity index is 1590. The molecule has 4 aromatic rings. The molecule has 200 valence electrons. The molecule has 0 unspecified atom stereocenters. The summed E-state index contributed by atoms with van der Waals surface area (Å²) in [6.07, 6.45) is 1.06. The summed E-state index contributed by atoms with van der Waals surface area (Å²) >= 11 is 0. The SMILES string of the molecule is C[C@@H]1c2ccccc2CCN1C(=O)c1cc(C2CC2)c2nc(-c3ccc(N4C[C@H](O)[C@@H](O)C4)cc3F)oc2n1. The lowest BCUT2D eigenvalue weighted by Gasteiger charge is -2.35. The quantitative estimate of drug-likeness (QED) is 0.409. The lowest BCUT2D eigenvalue weighted by atomic mass is 9.93. The number of rotatable bonds is 4. The van der Waals surface area contributed by atoms with Gasteiger partial charge in [0.2, 0.25) is 11.6 Å². The topological polar surface area (TPSA) is 103 Å². The van der Waals surface area contributed by atoms with E-state index in [-0.39, 0.29) is 48.1 Å². The van der Waals surface area contributed by atoms with Crippen LogP contribution in [0.25, 0.3) is 22.7 Å². The number of amides is 1. The summed E-state index contributed by atoms with van der Waals surface area (Å²) in [4.78, 5) is 26.5. The van der Waals surface area contributed by atoms with Gasteiger partial charge in [0.15, 0.2) is 0 Å². The number of aliphatic hydroxyl groups excluding tert-OH is 2. The van der Waals surface area contributed by atoms with Crippen molar-refractivity contribution in [2.45, 2.75) is 50.4 Å². The number of anilines is 1. The lowest BCUT2D eigenvalue weighted by molar-refractivity contribution is 0.0572. The molecule has 1 amide bonds. The highest BCUT2D eigenvalue weighted by atomic mass is 19.1. The molecule has 9 heteroatoms. The maximum absolute atomic E-state index is 15.3. The molecule has 0 spiro atoms. The lowest BCUT2D eigenvalue weighted by Crippen LogP contribution is -2.39. The third kappa shape index (κ3) is 4.17. The molecule has 2 aliphatic heterocycles. The fourth-order valence-corrected chi connectivity index (χ4v) is 5.91. The predicted octanol–water partition coefficient (Wildman–Crippen LogP) is 4.21. The number of aromatic nitrogens is 2. The number of hydrogen-bond acceptors (Lipinski definition) is 7. The average molecular weight is 529 g/mol. The van der Waals surface area contributed by atoms with Crippen molar-refractivity contribution in [3.05, 3.63) is 76.7 Å². The molecule has 0 bridgehead atoms. The molecule has 2 aromatic heterocycles. The highest BCUT2D eigenvalue weighted by molar-refractivity contribution is 5.95. The zero-order valence-electron chi connectivity index (χ0n) is 21.5. The minimum atomic E-state index is -0.865. The normalized spacial score (nSPS) is 22.9. The third-order valence-corrected chi connectivity index (χ3v) is 8.30. The maximum atomic E-state index is 15.3. The summed E-state index contributed by atoms with van der Waals surface area (Å²) in [5.41, 5.74) is 5.20. The second kappa shape index (κ2) is 9.14. The summed E-state index contributed by atoms with van der Waals surface area (Å²) < 4.78 is 21.3. The van der Waals surface area contributed by atoms with Crippen molar-refractivity contribution in [2.75, 3.05) is 24.5 Å². The van der Waals surface area contributed by atoms with E-state index >= 15 is 4.39 Å². The van der Waals surface area contributed by atoms with Crippen LogP contribution in [0.4, 0.5) is 10.1 Å². The van der Waals surface area contributed by atoms with Gasteiger partial charge in [0.05, 0.1) is 23.8 Å². The number of nitrogens with zero attached hydrogens (tertiary/aromatic N) is 4. The van der Waals surface area contributed by atoms with Gasteiger partial charge in [-0.05, 0) is 73.1 Å². The van der Waals surface area contributed by atoms with Crippen molar-refractivity contribution in [1.29, 1.82) is 0 Å². The molecule has 2 N–H and O–H groups in total. The number of carbonyl (C=O) groups excluding carboxylic acids is 1. The van der Waals surface area contributed by atoms with Gasteiger partial charge in [-0.1, -0.05) is 24.3 Å². The smallest absolute Gasteiger partial charge is 0.273 e. The monoisotopic (exact) mass is 528 g/mol. The van der Waals surface area contributed by atoms with Crippen LogP contribution >= 0.6 is 0 Å². The van der Waals surface area contributed by atoms with Crippen molar-refractivity contribution in [1.82, 2.24) is 14.9 Å². The molecular weight excluding hydrogens is 499 g/mol. The van der Waals surface area contributed by atoms with Gasteiger partial charge in [-0.3, -0.25) is 4.79 Å². The zero-order chi connectivity index (χ0) is 26.8. The highest BCUT2D eigenvalue weighted by Crippen LogP contribution is 2.44. The molecule has 8 nitrogen and oxygen atoms in total. The molecule has 3 aliphatic rings. The second-order valence-electron chi connectivity index (χ2n) is 10.9. The number of hydrogen-bond donors (Lipinski definition) is 2. The van der Waals surface area contributed by atoms with Crippen LogP contribution < -0.4 is 4.90 Å². The molecule has 1 saturated carbocycles. The van der Waals surface area contributed by atoms with Gasteiger partial charge in [-0.25, -0.2) is 14.4 Å². The number of carbonyl (C=O) groups is 1. The van der Waals surface area contributed by atoms with Crippen LogP contribution in [0.1, 0.15) is 58.9 Å². The van der Waals surface area contributed by atoms with Gasteiger partial charge in [-0.15, -0.1) is 0 Å². The van der Waals surface area contributed by atoms with Gasteiger partial charge < -0.3 is 24.4 Å². The number of β-amino-alcohol motifs (C(OH)–C–C–N with tert-alkyl or cyclic N) is 2. The molecule has 39 heavy (non-hydrogen) atoms. The van der Waals surface area contributed by atoms with E-state index in [9.17, 15) is 15.0 Å². The second-order valence-corrected chi connectivity index (χ2v) is 10.9. The number of halogens is 1. The van der Waals surface area contributed by atoms with Gasteiger partial charge in [0.1, 0.15) is 17.0 Å².